The Balaban J connectivity index is 1.72. The summed E-state index contributed by atoms with van der Waals surface area (Å²) in [6, 6.07) is 0. The zero-order valence-electron chi connectivity index (χ0n) is 32.8. The third kappa shape index (κ3) is 20.8. The van der Waals surface area contributed by atoms with Gasteiger partial charge in [-0.2, -0.15) is 0 Å². The first kappa shape index (κ1) is 45.1. The Bertz CT molecular complexity index is 837. The molecule has 0 aromatic heterocycles. The van der Waals surface area contributed by atoms with Gasteiger partial charge in [0.05, 0.1) is 30.5 Å². The molecule has 0 aromatic carbocycles. The molecule has 0 radical (unpaired) electrons. The summed E-state index contributed by atoms with van der Waals surface area (Å²) in [7, 11) is 5.02. The highest BCUT2D eigenvalue weighted by Gasteiger charge is 2.37. The minimum Gasteiger partial charge on any atom is -0.455 e. The van der Waals surface area contributed by atoms with E-state index in [1.165, 1.54) is 70.6 Å². The molecule has 9 heteroatoms. The molecule has 0 amide bonds. The number of ether oxygens (including phenoxy) is 8. The van der Waals surface area contributed by atoms with Crippen LogP contribution in [0, 0.1) is 0 Å². The van der Waals surface area contributed by atoms with Crippen molar-refractivity contribution in [2.45, 2.75) is 205 Å². The smallest absolute Gasteiger partial charge is 0.334 e. The molecule has 1 fully saturated rings. The Kier molecular flexibility index (Phi) is 27.4. The van der Waals surface area contributed by atoms with Crippen molar-refractivity contribution in [3.05, 3.63) is 11.6 Å². The summed E-state index contributed by atoms with van der Waals surface area (Å²) < 4.78 is 46.2. The number of hydrogen-bond acceptors (Lipinski definition) is 9. The van der Waals surface area contributed by atoms with E-state index in [2.05, 4.69) is 6.92 Å². The minimum absolute atomic E-state index is 0.00379. The van der Waals surface area contributed by atoms with Gasteiger partial charge in [0.1, 0.15) is 26.5 Å². The molecule has 0 N–H and O–H groups in total. The Morgan fingerprint density at radius 1 is 0.620 bits per heavy atom. The van der Waals surface area contributed by atoms with E-state index in [1.54, 1.807) is 21.3 Å². The van der Waals surface area contributed by atoms with Crippen LogP contribution >= 0.6 is 0 Å². The van der Waals surface area contributed by atoms with E-state index in [-0.39, 0.29) is 56.2 Å². The number of carbonyl (C=O) groups excluding carboxylic acids is 1. The van der Waals surface area contributed by atoms with Crippen molar-refractivity contribution in [3.8, 4) is 0 Å². The predicted molar refractivity (Wildman–Crippen MR) is 199 cm³/mol. The second-order valence-corrected chi connectivity index (χ2v) is 14.6. The van der Waals surface area contributed by atoms with Crippen molar-refractivity contribution in [1.82, 2.24) is 0 Å². The number of carbonyl (C=O) groups is 1. The first-order chi connectivity index (χ1) is 24.5. The molecule has 2 rings (SSSR count). The fraction of sp³-hybridized carbons (Fsp3) is 0.927. The van der Waals surface area contributed by atoms with E-state index in [4.69, 9.17) is 37.9 Å². The van der Waals surface area contributed by atoms with Gasteiger partial charge in [-0.15, -0.1) is 0 Å². The van der Waals surface area contributed by atoms with E-state index in [0.29, 0.717) is 6.79 Å². The molecule has 0 aromatic rings. The SMILES string of the molecule is CCCCCCCCCCCCCC[C@@H](OCOC)[C@H]1CC[C@H]([C@@H](CC[C@@H](CCCCCCCC2=C[C@H](C)OC2=O)OCOC)OCOC)O1. The molecule has 0 saturated carbocycles. The minimum atomic E-state index is -0.143. The lowest BCUT2D eigenvalue weighted by atomic mass is 9.98. The zero-order valence-corrected chi connectivity index (χ0v) is 32.8. The molecular weight excluding hydrogens is 636 g/mol. The lowest BCUT2D eigenvalue weighted by Gasteiger charge is -2.28. The lowest BCUT2D eigenvalue weighted by molar-refractivity contribution is -0.161. The molecule has 0 aliphatic carbocycles. The van der Waals surface area contributed by atoms with Crippen molar-refractivity contribution >= 4 is 5.97 Å². The Labute approximate surface area is 306 Å². The maximum atomic E-state index is 11.8. The second-order valence-electron chi connectivity index (χ2n) is 14.6. The van der Waals surface area contributed by atoms with E-state index >= 15 is 0 Å². The van der Waals surface area contributed by atoms with E-state index in [9.17, 15) is 4.79 Å². The Morgan fingerprint density at radius 2 is 1.10 bits per heavy atom. The van der Waals surface area contributed by atoms with Gasteiger partial charge in [-0.3, -0.25) is 0 Å². The highest BCUT2D eigenvalue weighted by molar-refractivity contribution is 5.90. The molecule has 1 saturated heterocycles. The van der Waals surface area contributed by atoms with Crippen LogP contribution in [0.15, 0.2) is 11.6 Å². The molecule has 0 spiro atoms. The lowest BCUT2D eigenvalue weighted by Crippen LogP contribution is -2.35. The van der Waals surface area contributed by atoms with Gasteiger partial charge in [0, 0.05) is 26.9 Å². The van der Waals surface area contributed by atoms with Gasteiger partial charge >= 0.3 is 5.97 Å². The van der Waals surface area contributed by atoms with Gasteiger partial charge in [0.2, 0.25) is 0 Å². The summed E-state index contributed by atoms with van der Waals surface area (Å²) in [6.45, 7) is 5.02. The van der Waals surface area contributed by atoms with E-state index < -0.39 is 0 Å². The van der Waals surface area contributed by atoms with Crippen LogP contribution < -0.4 is 0 Å². The van der Waals surface area contributed by atoms with Crippen molar-refractivity contribution in [2.75, 3.05) is 41.7 Å². The summed E-state index contributed by atoms with van der Waals surface area (Å²) in [6.07, 6.45) is 30.1. The number of esters is 1. The third-order valence-corrected chi connectivity index (χ3v) is 10.2. The molecule has 0 bridgehead atoms. The molecule has 2 heterocycles. The number of methoxy groups -OCH3 is 3. The van der Waals surface area contributed by atoms with Crippen molar-refractivity contribution in [2.24, 2.45) is 0 Å². The summed E-state index contributed by atoms with van der Waals surface area (Å²) in [4.78, 5) is 11.8. The maximum absolute atomic E-state index is 11.8. The van der Waals surface area contributed by atoms with Crippen LogP contribution in [0.25, 0.3) is 0 Å². The standard InChI is InChI=1S/C41H76O9/c1-6-7-8-9-10-11-12-13-14-15-19-22-25-37(47-32-44-4)39-28-29-40(50-39)38(48-33-45-5)27-26-36(46-31-43-3)24-21-18-16-17-20-23-35-30-34(2)49-41(35)42/h30,34,36-40H,6-29,31-33H2,1-5H3/t34-,36+,37+,38+,39+,40+/m0/s1. The first-order valence-electron chi connectivity index (χ1n) is 20.4. The van der Waals surface area contributed by atoms with Crippen LogP contribution in [0.1, 0.15) is 168 Å². The third-order valence-electron chi connectivity index (χ3n) is 10.2. The van der Waals surface area contributed by atoms with Crippen LogP contribution in [-0.2, 0) is 42.7 Å². The maximum Gasteiger partial charge on any atom is 0.334 e. The predicted octanol–water partition coefficient (Wildman–Crippen LogP) is 9.98. The molecule has 2 aliphatic rings. The zero-order chi connectivity index (χ0) is 36.1. The average molecular weight is 713 g/mol. The summed E-state index contributed by atoms with van der Waals surface area (Å²) in [5, 5.41) is 0. The first-order valence-corrected chi connectivity index (χ1v) is 20.4. The van der Waals surface area contributed by atoms with Gasteiger partial charge < -0.3 is 37.9 Å². The van der Waals surface area contributed by atoms with E-state index in [1.807, 2.05) is 13.0 Å². The van der Waals surface area contributed by atoms with Crippen LogP contribution in [0.3, 0.4) is 0 Å². The van der Waals surface area contributed by atoms with Crippen LogP contribution in [0.4, 0.5) is 0 Å². The number of rotatable bonds is 35. The van der Waals surface area contributed by atoms with Crippen molar-refractivity contribution in [1.29, 1.82) is 0 Å². The fourth-order valence-corrected chi connectivity index (χ4v) is 7.35. The van der Waals surface area contributed by atoms with E-state index in [0.717, 1.165) is 89.0 Å². The summed E-state index contributed by atoms with van der Waals surface area (Å²) in [5.41, 5.74) is 0.839. The molecule has 6 atom stereocenters. The number of unbranched alkanes of at least 4 members (excludes halogenated alkanes) is 15. The summed E-state index contributed by atoms with van der Waals surface area (Å²) in [5.74, 6) is -0.143. The quantitative estimate of drug-likeness (QED) is 0.0362. The van der Waals surface area contributed by atoms with Crippen molar-refractivity contribution < 1.29 is 42.7 Å². The largest absolute Gasteiger partial charge is 0.455 e. The highest BCUT2D eigenvalue weighted by atomic mass is 16.7. The van der Waals surface area contributed by atoms with Crippen LogP contribution in [0.2, 0.25) is 0 Å². The van der Waals surface area contributed by atoms with Gasteiger partial charge in [-0.25, -0.2) is 4.79 Å². The topological polar surface area (TPSA) is 90.9 Å². The highest BCUT2D eigenvalue weighted by Crippen LogP contribution is 2.31. The summed E-state index contributed by atoms with van der Waals surface area (Å²) >= 11 is 0. The molecule has 294 valence electrons. The molecule has 50 heavy (non-hydrogen) atoms. The number of hydrogen-bond donors (Lipinski definition) is 0. The van der Waals surface area contributed by atoms with Gasteiger partial charge in [0.25, 0.3) is 0 Å². The molecule has 2 aliphatic heterocycles. The van der Waals surface area contributed by atoms with Gasteiger partial charge in [-0.05, 0) is 64.4 Å². The monoisotopic (exact) mass is 713 g/mol. The van der Waals surface area contributed by atoms with Gasteiger partial charge in [0.15, 0.2) is 0 Å². The molecular formula is C41H76O9. The average Bonchev–Trinajstić information content (AvgIpc) is 3.73. The van der Waals surface area contributed by atoms with Gasteiger partial charge in [-0.1, -0.05) is 110 Å². The Hall–Kier alpha value is -1.07. The van der Waals surface area contributed by atoms with Crippen LogP contribution in [-0.4, -0.2) is 84.3 Å². The fourth-order valence-electron chi connectivity index (χ4n) is 7.35. The molecule has 0 unspecified atom stereocenters. The Morgan fingerprint density at radius 3 is 1.62 bits per heavy atom. The van der Waals surface area contributed by atoms with Crippen LogP contribution in [0.5, 0.6) is 0 Å². The number of cyclic esters (lactones) is 1. The second kappa shape index (κ2) is 30.4. The van der Waals surface area contributed by atoms with Crippen molar-refractivity contribution in [3.63, 3.8) is 0 Å². The normalized spacial score (nSPS) is 21.0. The molecule has 9 nitrogen and oxygen atoms in total.